The Morgan fingerprint density at radius 3 is 2.44 bits per heavy atom. The zero-order valence-corrected chi connectivity index (χ0v) is 23.7. The van der Waals surface area contributed by atoms with Gasteiger partial charge in [0.05, 0.1) is 5.41 Å². The fraction of sp³-hybridized carbons (Fsp3) is 0.467. The summed E-state index contributed by atoms with van der Waals surface area (Å²) in [5.41, 5.74) is 0.999. The van der Waals surface area contributed by atoms with Gasteiger partial charge in [0.25, 0.3) is 12.4 Å². The highest BCUT2D eigenvalue weighted by Gasteiger charge is 2.38. The largest absolute Gasteiger partial charge is 0.484 e. The van der Waals surface area contributed by atoms with Crippen molar-refractivity contribution >= 4 is 24.2 Å². The van der Waals surface area contributed by atoms with Crippen LogP contribution in [0.1, 0.15) is 36.8 Å². The van der Waals surface area contributed by atoms with Crippen LogP contribution in [0.5, 0.6) is 5.75 Å². The molecule has 0 saturated heterocycles. The third-order valence-electron chi connectivity index (χ3n) is 6.63. The zero-order valence-electron chi connectivity index (χ0n) is 23.7. The van der Waals surface area contributed by atoms with Crippen molar-refractivity contribution in [1.29, 1.82) is 0 Å². The van der Waals surface area contributed by atoms with Crippen LogP contribution >= 0.6 is 0 Å². The number of rotatable bonds is 6. The standard InChI is InChI=1S/C29H40N4O5.CH2O2/c1-37-18-14-29(28(36)32-20-24-7-3-2-4-8-24)19-23-10-12-25(13-11-23)38-21-27(35)31-17-6-16-30-15-5-9-26(34)33-22-29;2-1-3/h2-4,7-8,10-13,30H,5-6,9,14-22H2,1H3,(H,31,35)(H,32,36)(H,33,34);1H,(H,2,3). The molecule has 2 aliphatic heterocycles. The van der Waals surface area contributed by atoms with Crippen molar-refractivity contribution in [2.75, 3.05) is 46.5 Å². The van der Waals surface area contributed by atoms with E-state index in [1.165, 1.54) is 0 Å². The molecular formula is C30H42N4O7. The fourth-order valence-corrected chi connectivity index (χ4v) is 4.37. The molecular weight excluding hydrogens is 528 g/mol. The third-order valence-corrected chi connectivity index (χ3v) is 6.63. The second kappa shape index (κ2) is 19.2. The van der Waals surface area contributed by atoms with E-state index in [1.807, 2.05) is 42.5 Å². The number of hydrogen-bond donors (Lipinski definition) is 5. The van der Waals surface area contributed by atoms with Gasteiger partial charge in [0.2, 0.25) is 11.8 Å². The molecule has 2 bridgehead atoms. The number of methoxy groups -OCH3 is 1. The quantitative estimate of drug-likeness (QED) is 0.329. The molecule has 0 spiro atoms. The van der Waals surface area contributed by atoms with Crippen LogP contribution in [0.15, 0.2) is 54.6 Å². The molecule has 11 nitrogen and oxygen atoms in total. The van der Waals surface area contributed by atoms with Gasteiger partial charge in [-0.2, -0.15) is 0 Å². The molecule has 1 atom stereocenters. The predicted octanol–water partition coefficient (Wildman–Crippen LogP) is 1.65. The summed E-state index contributed by atoms with van der Waals surface area (Å²) in [7, 11) is 1.61. The van der Waals surface area contributed by atoms with Crippen molar-refractivity contribution in [3.8, 4) is 5.75 Å². The van der Waals surface area contributed by atoms with Crippen molar-refractivity contribution < 1.29 is 33.8 Å². The monoisotopic (exact) mass is 570 g/mol. The van der Waals surface area contributed by atoms with Crippen molar-refractivity contribution in [2.45, 2.75) is 38.6 Å². The van der Waals surface area contributed by atoms with Gasteiger partial charge in [0.1, 0.15) is 5.75 Å². The van der Waals surface area contributed by atoms with Gasteiger partial charge in [-0.25, -0.2) is 0 Å². The topological polar surface area (TPSA) is 155 Å². The first-order chi connectivity index (χ1) is 19.9. The van der Waals surface area contributed by atoms with Gasteiger partial charge in [-0.1, -0.05) is 42.5 Å². The molecule has 1 unspecified atom stereocenters. The van der Waals surface area contributed by atoms with Crippen LogP contribution in [0.2, 0.25) is 0 Å². The molecule has 2 aliphatic rings. The lowest BCUT2D eigenvalue weighted by Gasteiger charge is -2.33. The van der Waals surface area contributed by atoms with E-state index in [0.717, 1.165) is 24.1 Å². The lowest BCUT2D eigenvalue weighted by Crippen LogP contribution is -2.50. The average Bonchev–Trinajstić information content (AvgIpc) is 2.98. The fourth-order valence-electron chi connectivity index (χ4n) is 4.37. The maximum Gasteiger partial charge on any atom is 0.290 e. The summed E-state index contributed by atoms with van der Waals surface area (Å²) in [5.74, 6) is 0.174. The van der Waals surface area contributed by atoms with Crippen molar-refractivity contribution in [3.63, 3.8) is 0 Å². The first-order valence-electron chi connectivity index (χ1n) is 13.8. The van der Waals surface area contributed by atoms with E-state index in [0.29, 0.717) is 57.7 Å². The highest BCUT2D eigenvalue weighted by molar-refractivity contribution is 5.84. The Hall–Kier alpha value is -3.96. The maximum absolute atomic E-state index is 13.7. The van der Waals surface area contributed by atoms with Gasteiger partial charge in [-0.3, -0.25) is 19.2 Å². The Labute approximate surface area is 241 Å². The van der Waals surface area contributed by atoms with E-state index in [1.54, 1.807) is 19.2 Å². The van der Waals surface area contributed by atoms with E-state index >= 15 is 0 Å². The number of ether oxygens (including phenoxy) is 2. The molecule has 4 rings (SSSR count). The minimum absolute atomic E-state index is 0.0571. The van der Waals surface area contributed by atoms with Gasteiger partial charge in [-0.15, -0.1) is 0 Å². The molecule has 0 saturated carbocycles. The Balaban J connectivity index is 0.00000187. The Morgan fingerprint density at radius 1 is 1.02 bits per heavy atom. The number of fused-ring (bicyclic) bond motifs is 17. The average molecular weight is 571 g/mol. The Morgan fingerprint density at radius 2 is 1.73 bits per heavy atom. The van der Waals surface area contributed by atoms with Crippen LogP contribution < -0.4 is 26.0 Å². The Bertz CT molecular complexity index is 1070. The van der Waals surface area contributed by atoms with Crippen molar-refractivity contribution in [2.24, 2.45) is 5.41 Å². The minimum Gasteiger partial charge on any atom is -0.484 e. The SMILES string of the molecule is COCCC1(C(=O)NCc2ccccc2)CNC(=O)CCCNCCCNC(=O)COc2ccc(cc2)C1.O=CO. The summed E-state index contributed by atoms with van der Waals surface area (Å²) in [6, 6.07) is 17.1. The van der Waals surface area contributed by atoms with Gasteiger partial charge < -0.3 is 35.8 Å². The number of amides is 3. The molecule has 2 heterocycles. The van der Waals surface area contributed by atoms with E-state index in [4.69, 9.17) is 19.4 Å². The van der Waals surface area contributed by atoms with Crippen molar-refractivity contribution in [1.82, 2.24) is 21.3 Å². The summed E-state index contributed by atoms with van der Waals surface area (Å²) in [4.78, 5) is 46.9. The lowest BCUT2D eigenvalue weighted by atomic mass is 9.77. The molecule has 224 valence electrons. The summed E-state index contributed by atoms with van der Waals surface area (Å²) in [5, 5.41) is 19.1. The Kier molecular flexibility index (Phi) is 15.5. The molecule has 0 radical (unpaired) electrons. The van der Waals surface area contributed by atoms with Crippen LogP contribution in [-0.2, 0) is 36.9 Å². The van der Waals surface area contributed by atoms with Crippen LogP contribution in [0.25, 0.3) is 0 Å². The molecule has 11 heteroatoms. The van der Waals surface area contributed by atoms with Crippen LogP contribution in [-0.4, -0.2) is 75.8 Å². The van der Waals surface area contributed by atoms with Gasteiger partial charge in [-0.05, 0) is 62.0 Å². The van der Waals surface area contributed by atoms with E-state index in [2.05, 4.69) is 21.3 Å². The smallest absolute Gasteiger partial charge is 0.290 e. The minimum atomic E-state index is -0.915. The van der Waals surface area contributed by atoms with Gasteiger partial charge in [0, 0.05) is 39.8 Å². The molecule has 3 amide bonds. The van der Waals surface area contributed by atoms with Gasteiger partial charge in [0.15, 0.2) is 6.61 Å². The lowest BCUT2D eigenvalue weighted by molar-refractivity contribution is -0.133. The predicted molar refractivity (Wildman–Crippen MR) is 154 cm³/mol. The van der Waals surface area contributed by atoms with Crippen LogP contribution in [0.3, 0.4) is 0 Å². The van der Waals surface area contributed by atoms with Gasteiger partial charge >= 0.3 is 0 Å². The number of carbonyl (C=O) groups is 4. The first kappa shape index (κ1) is 33.2. The normalized spacial score (nSPS) is 18.9. The summed E-state index contributed by atoms with van der Waals surface area (Å²) in [6.45, 7) is 2.65. The van der Waals surface area contributed by atoms with Crippen molar-refractivity contribution in [3.05, 3.63) is 65.7 Å². The number of carboxylic acid groups (broad SMARTS) is 1. The summed E-state index contributed by atoms with van der Waals surface area (Å²) >= 11 is 0. The second-order valence-electron chi connectivity index (χ2n) is 9.74. The summed E-state index contributed by atoms with van der Waals surface area (Å²) in [6.07, 6.45) is 2.66. The molecule has 0 aliphatic carbocycles. The second-order valence-corrected chi connectivity index (χ2v) is 9.74. The highest BCUT2D eigenvalue weighted by Crippen LogP contribution is 2.29. The first-order valence-corrected chi connectivity index (χ1v) is 13.8. The van der Waals surface area contributed by atoms with Crippen LogP contribution in [0.4, 0.5) is 0 Å². The van der Waals surface area contributed by atoms with E-state index < -0.39 is 5.41 Å². The number of benzene rings is 2. The molecule has 0 fully saturated rings. The third kappa shape index (κ3) is 12.8. The molecule has 2 aromatic carbocycles. The summed E-state index contributed by atoms with van der Waals surface area (Å²) < 4.78 is 11.0. The van der Waals surface area contributed by atoms with E-state index in [9.17, 15) is 14.4 Å². The van der Waals surface area contributed by atoms with E-state index in [-0.39, 0.29) is 37.3 Å². The number of nitrogens with one attached hydrogen (secondary N) is 4. The zero-order chi connectivity index (χ0) is 29.8. The molecule has 5 N–H and O–H groups in total. The molecule has 0 aromatic heterocycles. The van der Waals surface area contributed by atoms with Crippen LogP contribution in [0, 0.1) is 5.41 Å². The highest BCUT2D eigenvalue weighted by atomic mass is 16.5. The number of hydrogen-bond acceptors (Lipinski definition) is 7. The maximum atomic E-state index is 13.7. The molecule has 41 heavy (non-hydrogen) atoms. The molecule has 2 aromatic rings. The number of carbonyl (C=O) groups excluding carboxylic acids is 3.